The lowest BCUT2D eigenvalue weighted by Gasteiger charge is -2.14. The summed E-state index contributed by atoms with van der Waals surface area (Å²) in [5, 5.41) is 5.48. The Kier molecular flexibility index (Phi) is 5.66. The van der Waals surface area contributed by atoms with Gasteiger partial charge < -0.3 is 5.32 Å². The molecule has 0 bridgehead atoms. The molecule has 0 spiro atoms. The van der Waals surface area contributed by atoms with E-state index in [0.29, 0.717) is 6.42 Å². The monoisotopic (exact) mass is 380 g/mol. The first-order valence-corrected chi connectivity index (χ1v) is 9.94. The predicted molar refractivity (Wildman–Crippen MR) is 119 cm³/mol. The highest BCUT2D eigenvalue weighted by molar-refractivity contribution is 5.93. The number of anilines is 1. The molecule has 29 heavy (non-hydrogen) atoms. The first-order chi connectivity index (χ1) is 14.2. The number of amides is 1. The Morgan fingerprint density at radius 3 is 2.34 bits per heavy atom. The minimum absolute atomic E-state index is 0.0415. The molecule has 1 atom stereocenters. The Labute approximate surface area is 171 Å². The molecule has 3 nitrogen and oxygen atoms in total. The van der Waals surface area contributed by atoms with Crippen molar-refractivity contribution in [2.45, 2.75) is 19.8 Å². The molecule has 0 aliphatic carbocycles. The molecule has 4 aromatic rings. The number of nitrogens with one attached hydrogen (secondary N) is 1. The Bertz CT molecular complexity index is 1100. The Balaban J connectivity index is 1.39. The summed E-state index contributed by atoms with van der Waals surface area (Å²) in [6.07, 6.45) is 5.18. The minimum Gasteiger partial charge on any atom is -0.326 e. The van der Waals surface area contributed by atoms with Crippen LogP contribution in [0.1, 0.15) is 23.6 Å². The summed E-state index contributed by atoms with van der Waals surface area (Å²) < 4.78 is 0. The zero-order valence-electron chi connectivity index (χ0n) is 16.5. The summed E-state index contributed by atoms with van der Waals surface area (Å²) in [5.74, 6) is -0.0721. The van der Waals surface area contributed by atoms with Crippen molar-refractivity contribution in [3.8, 4) is 0 Å². The average Bonchev–Trinajstić information content (AvgIpc) is 2.76. The SMILES string of the molecule is C[C@H](Cc1cccc2ccccc12)C(=O)Nc1ccc(Cc2ccncc2)cc1. The van der Waals surface area contributed by atoms with E-state index in [9.17, 15) is 4.79 Å². The predicted octanol–water partition coefficient (Wildman–Crippen LogP) is 5.64. The molecule has 0 aliphatic heterocycles. The third-order valence-electron chi connectivity index (χ3n) is 5.23. The molecule has 144 valence electrons. The number of aromatic nitrogens is 1. The maximum absolute atomic E-state index is 12.7. The molecule has 0 radical (unpaired) electrons. The van der Waals surface area contributed by atoms with Gasteiger partial charge in [-0.05, 0) is 64.6 Å². The van der Waals surface area contributed by atoms with Gasteiger partial charge in [0.2, 0.25) is 5.91 Å². The van der Waals surface area contributed by atoms with E-state index in [4.69, 9.17) is 0 Å². The van der Waals surface area contributed by atoms with Gasteiger partial charge in [-0.25, -0.2) is 0 Å². The summed E-state index contributed by atoms with van der Waals surface area (Å²) in [4.78, 5) is 16.8. The molecular formula is C26H24N2O. The molecule has 0 saturated heterocycles. The number of benzene rings is 3. The normalized spacial score (nSPS) is 11.9. The van der Waals surface area contributed by atoms with Gasteiger partial charge in [-0.1, -0.05) is 61.5 Å². The van der Waals surface area contributed by atoms with Crippen molar-refractivity contribution in [3.05, 3.63) is 108 Å². The van der Waals surface area contributed by atoms with E-state index >= 15 is 0 Å². The van der Waals surface area contributed by atoms with Gasteiger partial charge in [-0.2, -0.15) is 0 Å². The number of rotatable bonds is 6. The van der Waals surface area contributed by atoms with Crippen LogP contribution in [0.5, 0.6) is 0 Å². The van der Waals surface area contributed by atoms with Crippen molar-refractivity contribution >= 4 is 22.4 Å². The van der Waals surface area contributed by atoms with E-state index in [2.05, 4.69) is 52.8 Å². The van der Waals surface area contributed by atoms with Gasteiger partial charge in [0, 0.05) is 24.0 Å². The van der Waals surface area contributed by atoms with Crippen LogP contribution in [0.25, 0.3) is 10.8 Å². The number of fused-ring (bicyclic) bond motifs is 1. The lowest BCUT2D eigenvalue weighted by molar-refractivity contribution is -0.119. The highest BCUT2D eigenvalue weighted by atomic mass is 16.1. The highest BCUT2D eigenvalue weighted by Gasteiger charge is 2.15. The standard InChI is InChI=1S/C26H24N2O/c1-19(17-23-7-4-6-22-5-2-3-8-25(22)23)26(29)28-24-11-9-20(10-12-24)18-21-13-15-27-16-14-21/h2-16,19H,17-18H2,1H3,(H,28,29)/t19-/m1/s1. The van der Waals surface area contributed by atoms with Gasteiger partial charge in [-0.3, -0.25) is 9.78 Å². The molecule has 0 aliphatic rings. The molecule has 1 amide bonds. The third-order valence-corrected chi connectivity index (χ3v) is 5.23. The van der Waals surface area contributed by atoms with Gasteiger partial charge in [0.25, 0.3) is 0 Å². The quantitative estimate of drug-likeness (QED) is 0.470. The summed E-state index contributed by atoms with van der Waals surface area (Å²) in [7, 11) is 0. The zero-order valence-corrected chi connectivity index (χ0v) is 16.5. The van der Waals surface area contributed by atoms with Crippen molar-refractivity contribution in [2.24, 2.45) is 5.92 Å². The van der Waals surface area contributed by atoms with Crippen LogP contribution in [0.3, 0.4) is 0 Å². The third kappa shape index (κ3) is 4.69. The van der Waals surface area contributed by atoms with Crippen LogP contribution in [-0.4, -0.2) is 10.9 Å². The topological polar surface area (TPSA) is 42.0 Å². The van der Waals surface area contributed by atoms with E-state index in [1.165, 1.54) is 27.5 Å². The highest BCUT2D eigenvalue weighted by Crippen LogP contribution is 2.22. The molecule has 1 heterocycles. The number of carbonyl (C=O) groups excluding carboxylic acids is 1. The first-order valence-electron chi connectivity index (χ1n) is 9.94. The molecule has 4 rings (SSSR count). The van der Waals surface area contributed by atoms with Gasteiger partial charge >= 0.3 is 0 Å². The number of nitrogens with zero attached hydrogens (tertiary/aromatic N) is 1. The minimum atomic E-state index is -0.114. The fraction of sp³-hybridized carbons (Fsp3) is 0.154. The fourth-order valence-electron chi connectivity index (χ4n) is 3.60. The van der Waals surface area contributed by atoms with Crippen molar-refractivity contribution in [3.63, 3.8) is 0 Å². The van der Waals surface area contributed by atoms with E-state index in [1.54, 1.807) is 12.4 Å². The number of hydrogen-bond acceptors (Lipinski definition) is 2. The van der Waals surface area contributed by atoms with Crippen LogP contribution in [0.2, 0.25) is 0 Å². The first kappa shape index (κ1) is 18.9. The number of carbonyl (C=O) groups is 1. The Morgan fingerprint density at radius 1 is 0.862 bits per heavy atom. The summed E-state index contributed by atoms with van der Waals surface area (Å²) in [5.41, 5.74) is 4.47. The maximum atomic E-state index is 12.7. The smallest absolute Gasteiger partial charge is 0.227 e. The van der Waals surface area contributed by atoms with Crippen LogP contribution in [0, 0.1) is 5.92 Å². The van der Waals surface area contributed by atoms with Crippen LogP contribution in [0.15, 0.2) is 91.3 Å². The summed E-state index contributed by atoms with van der Waals surface area (Å²) in [6, 6.07) is 26.7. The van der Waals surface area contributed by atoms with E-state index in [-0.39, 0.29) is 11.8 Å². The Hall–Kier alpha value is -3.46. The second kappa shape index (κ2) is 8.70. The van der Waals surface area contributed by atoms with Crippen molar-refractivity contribution < 1.29 is 4.79 Å². The molecule has 3 aromatic carbocycles. The molecular weight excluding hydrogens is 356 g/mol. The van der Waals surface area contributed by atoms with Crippen LogP contribution < -0.4 is 5.32 Å². The van der Waals surface area contributed by atoms with E-state index < -0.39 is 0 Å². The lowest BCUT2D eigenvalue weighted by atomic mass is 9.95. The van der Waals surface area contributed by atoms with E-state index in [0.717, 1.165) is 12.1 Å². The molecule has 0 fully saturated rings. The van der Waals surface area contributed by atoms with Crippen molar-refractivity contribution in [1.29, 1.82) is 0 Å². The Morgan fingerprint density at radius 2 is 1.55 bits per heavy atom. The summed E-state index contributed by atoms with van der Waals surface area (Å²) >= 11 is 0. The average molecular weight is 380 g/mol. The van der Waals surface area contributed by atoms with Crippen molar-refractivity contribution in [2.75, 3.05) is 5.32 Å². The van der Waals surface area contributed by atoms with Gasteiger partial charge in [0.1, 0.15) is 0 Å². The van der Waals surface area contributed by atoms with Crippen LogP contribution >= 0.6 is 0 Å². The second-order valence-corrected chi connectivity index (χ2v) is 7.46. The van der Waals surface area contributed by atoms with Crippen molar-refractivity contribution in [1.82, 2.24) is 4.98 Å². The summed E-state index contributed by atoms with van der Waals surface area (Å²) in [6.45, 7) is 1.98. The number of pyridine rings is 1. The molecule has 3 heteroatoms. The second-order valence-electron chi connectivity index (χ2n) is 7.46. The van der Waals surface area contributed by atoms with E-state index in [1.807, 2.05) is 43.3 Å². The van der Waals surface area contributed by atoms with Crippen LogP contribution in [-0.2, 0) is 17.6 Å². The lowest BCUT2D eigenvalue weighted by Crippen LogP contribution is -2.22. The molecule has 0 saturated carbocycles. The van der Waals surface area contributed by atoms with Gasteiger partial charge in [-0.15, -0.1) is 0 Å². The van der Waals surface area contributed by atoms with Gasteiger partial charge in [0.05, 0.1) is 0 Å². The number of hydrogen-bond donors (Lipinski definition) is 1. The maximum Gasteiger partial charge on any atom is 0.227 e. The molecule has 0 unspecified atom stereocenters. The van der Waals surface area contributed by atoms with Crippen LogP contribution in [0.4, 0.5) is 5.69 Å². The fourth-order valence-corrected chi connectivity index (χ4v) is 3.60. The zero-order chi connectivity index (χ0) is 20.1. The molecule has 1 N–H and O–H groups in total. The molecule has 1 aromatic heterocycles. The van der Waals surface area contributed by atoms with Gasteiger partial charge in [0.15, 0.2) is 0 Å². The largest absolute Gasteiger partial charge is 0.326 e.